The molecular formula is C12H17N3O2. The summed E-state index contributed by atoms with van der Waals surface area (Å²) >= 11 is 0. The minimum Gasteiger partial charge on any atom is -0.494 e. The van der Waals surface area contributed by atoms with Crippen LogP contribution in [0.1, 0.15) is 13.8 Å². The van der Waals surface area contributed by atoms with Crippen LogP contribution in [0.5, 0.6) is 5.75 Å². The fourth-order valence-electron chi connectivity index (χ4n) is 1.57. The lowest BCUT2D eigenvalue weighted by Crippen LogP contribution is -2.15. The SMILES string of the molecule is CCOc1ccc2nc(NCC(C)O)[nH]c2c1. The number of aliphatic hydroxyl groups excluding tert-OH is 1. The molecule has 92 valence electrons. The van der Waals surface area contributed by atoms with E-state index in [1.165, 1.54) is 0 Å². The van der Waals surface area contributed by atoms with Crippen LogP contribution in [-0.2, 0) is 0 Å². The number of anilines is 1. The van der Waals surface area contributed by atoms with E-state index in [1.807, 2.05) is 25.1 Å². The van der Waals surface area contributed by atoms with E-state index in [0.29, 0.717) is 19.1 Å². The average molecular weight is 235 g/mol. The fourth-order valence-corrected chi connectivity index (χ4v) is 1.57. The Balaban J connectivity index is 2.18. The molecule has 2 rings (SSSR count). The van der Waals surface area contributed by atoms with E-state index in [9.17, 15) is 5.11 Å². The summed E-state index contributed by atoms with van der Waals surface area (Å²) < 4.78 is 5.41. The van der Waals surface area contributed by atoms with Gasteiger partial charge in [0.1, 0.15) is 5.75 Å². The number of aromatic nitrogens is 2. The quantitative estimate of drug-likeness (QED) is 0.738. The molecule has 0 saturated carbocycles. The number of rotatable bonds is 5. The Kier molecular flexibility index (Phi) is 3.49. The van der Waals surface area contributed by atoms with Crippen molar-refractivity contribution < 1.29 is 9.84 Å². The van der Waals surface area contributed by atoms with E-state index in [-0.39, 0.29) is 0 Å². The highest BCUT2D eigenvalue weighted by atomic mass is 16.5. The maximum Gasteiger partial charge on any atom is 0.201 e. The Hall–Kier alpha value is -1.75. The minimum absolute atomic E-state index is 0.401. The van der Waals surface area contributed by atoms with Crippen LogP contribution in [-0.4, -0.2) is 34.3 Å². The Bertz CT molecular complexity index is 493. The van der Waals surface area contributed by atoms with Gasteiger partial charge in [-0.15, -0.1) is 0 Å². The standard InChI is InChI=1S/C12H17N3O2/c1-3-17-9-4-5-10-11(6-9)15-12(14-10)13-7-8(2)16/h4-6,8,16H,3,7H2,1-2H3,(H2,13,14,15). The van der Waals surface area contributed by atoms with Crippen molar-refractivity contribution in [2.24, 2.45) is 0 Å². The molecule has 2 aromatic rings. The van der Waals surface area contributed by atoms with E-state index in [0.717, 1.165) is 16.8 Å². The van der Waals surface area contributed by atoms with Crippen LogP contribution in [0.25, 0.3) is 11.0 Å². The van der Waals surface area contributed by atoms with Gasteiger partial charge in [0.2, 0.25) is 5.95 Å². The largest absolute Gasteiger partial charge is 0.494 e. The third kappa shape index (κ3) is 2.88. The molecule has 1 unspecified atom stereocenters. The average Bonchev–Trinajstić information content (AvgIpc) is 2.69. The first kappa shape index (κ1) is 11.7. The summed E-state index contributed by atoms with van der Waals surface area (Å²) in [6, 6.07) is 5.72. The van der Waals surface area contributed by atoms with Crippen LogP contribution in [0.3, 0.4) is 0 Å². The lowest BCUT2D eigenvalue weighted by molar-refractivity contribution is 0.208. The summed E-state index contributed by atoms with van der Waals surface area (Å²) in [7, 11) is 0. The molecule has 5 nitrogen and oxygen atoms in total. The number of benzene rings is 1. The number of hydrogen-bond acceptors (Lipinski definition) is 4. The first-order valence-electron chi connectivity index (χ1n) is 5.73. The topological polar surface area (TPSA) is 70.2 Å². The molecule has 0 fully saturated rings. The van der Waals surface area contributed by atoms with Gasteiger partial charge in [-0.1, -0.05) is 0 Å². The number of hydrogen-bond donors (Lipinski definition) is 3. The second-order valence-electron chi connectivity index (χ2n) is 3.93. The smallest absolute Gasteiger partial charge is 0.201 e. The Labute approximate surface area is 99.8 Å². The monoisotopic (exact) mass is 235 g/mol. The van der Waals surface area contributed by atoms with Crippen LogP contribution in [0.4, 0.5) is 5.95 Å². The number of fused-ring (bicyclic) bond motifs is 1. The van der Waals surface area contributed by atoms with Crippen molar-refractivity contribution in [1.82, 2.24) is 9.97 Å². The third-order valence-electron chi connectivity index (χ3n) is 2.33. The van der Waals surface area contributed by atoms with Crippen LogP contribution < -0.4 is 10.1 Å². The summed E-state index contributed by atoms with van der Waals surface area (Å²) in [5.41, 5.74) is 1.80. The molecule has 0 saturated heterocycles. The van der Waals surface area contributed by atoms with Gasteiger partial charge < -0.3 is 20.1 Å². The Morgan fingerprint density at radius 1 is 1.53 bits per heavy atom. The van der Waals surface area contributed by atoms with Crippen molar-refractivity contribution in [3.05, 3.63) is 18.2 Å². The number of imidazole rings is 1. The van der Waals surface area contributed by atoms with Gasteiger partial charge in [-0.3, -0.25) is 0 Å². The summed E-state index contributed by atoms with van der Waals surface area (Å²) in [6.07, 6.45) is -0.401. The van der Waals surface area contributed by atoms with Crippen LogP contribution in [0.15, 0.2) is 18.2 Å². The molecule has 0 aliphatic rings. The number of aliphatic hydroxyl groups is 1. The molecule has 1 atom stereocenters. The number of nitrogens with one attached hydrogen (secondary N) is 2. The summed E-state index contributed by atoms with van der Waals surface area (Å²) in [5, 5.41) is 12.2. The summed E-state index contributed by atoms with van der Waals surface area (Å²) in [5.74, 6) is 1.49. The zero-order valence-electron chi connectivity index (χ0n) is 10.0. The maximum atomic E-state index is 9.18. The van der Waals surface area contributed by atoms with Crippen molar-refractivity contribution in [2.75, 3.05) is 18.5 Å². The molecule has 17 heavy (non-hydrogen) atoms. The number of nitrogens with zero attached hydrogens (tertiary/aromatic N) is 1. The molecule has 1 heterocycles. The fraction of sp³-hybridized carbons (Fsp3) is 0.417. The van der Waals surface area contributed by atoms with E-state index in [2.05, 4.69) is 15.3 Å². The maximum absolute atomic E-state index is 9.18. The van der Waals surface area contributed by atoms with Crippen molar-refractivity contribution in [2.45, 2.75) is 20.0 Å². The molecule has 0 amide bonds. The highest BCUT2D eigenvalue weighted by molar-refractivity contribution is 5.79. The van der Waals surface area contributed by atoms with Crippen molar-refractivity contribution >= 4 is 17.0 Å². The number of ether oxygens (including phenoxy) is 1. The molecule has 5 heteroatoms. The van der Waals surface area contributed by atoms with Crippen LogP contribution >= 0.6 is 0 Å². The highest BCUT2D eigenvalue weighted by Crippen LogP contribution is 2.20. The molecule has 0 aliphatic heterocycles. The van der Waals surface area contributed by atoms with Crippen molar-refractivity contribution in [3.8, 4) is 5.75 Å². The van der Waals surface area contributed by atoms with E-state index < -0.39 is 6.10 Å². The predicted octanol–water partition coefficient (Wildman–Crippen LogP) is 1.75. The predicted molar refractivity (Wildman–Crippen MR) is 67.4 cm³/mol. The zero-order valence-corrected chi connectivity index (χ0v) is 10.0. The van der Waals surface area contributed by atoms with Gasteiger partial charge in [0, 0.05) is 12.6 Å². The molecule has 0 aliphatic carbocycles. The summed E-state index contributed by atoms with van der Waals surface area (Å²) in [6.45, 7) is 4.79. The zero-order chi connectivity index (χ0) is 12.3. The molecule has 0 radical (unpaired) electrons. The van der Waals surface area contributed by atoms with Gasteiger partial charge in [-0.2, -0.15) is 0 Å². The van der Waals surface area contributed by atoms with Gasteiger partial charge in [-0.05, 0) is 26.0 Å². The first-order valence-corrected chi connectivity index (χ1v) is 5.73. The lowest BCUT2D eigenvalue weighted by Gasteiger charge is -2.03. The van der Waals surface area contributed by atoms with Gasteiger partial charge in [0.05, 0.1) is 23.7 Å². The van der Waals surface area contributed by atoms with Crippen molar-refractivity contribution in [1.29, 1.82) is 0 Å². The molecule has 0 spiro atoms. The lowest BCUT2D eigenvalue weighted by atomic mass is 10.3. The van der Waals surface area contributed by atoms with Gasteiger partial charge in [0.15, 0.2) is 0 Å². The Morgan fingerprint density at radius 2 is 2.35 bits per heavy atom. The number of H-pyrrole nitrogens is 1. The number of aromatic amines is 1. The van der Waals surface area contributed by atoms with Crippen LogP contribution in [0.2, 0.25) is 0 Å². The molecular weight excluding hydrogens is 218 g/mol. The van der Waals surface area contributed by atoms with E-state index >= 15 is 0 Å². The van der Waals surface area contributed by atoms with Crippen molar-refractivity contribution in [3.63, 3.8) is 0 Å². The van der Waals surface area contributed by atoms with E-state index in [4.69, 9.17) is 4.74 Å². The highest BCUT2D eigenvalue weighted by Gasteiger charge is 2.04. The van der Waals surface area contributed by atoms with E-state index in [1.54, 1.807) is 6.92 Å². The molecule has 3 N–H and O–H groups in total. The second-order valence-corrected chi connectivity index (χ2v) is 3.93. The first-order chi connectivity index (χ1) is 8.19. The molecule has 1 aromatic carbocycles. The third-order valence-corrected chi connectivity index (χ3v) is 2.33. The van der Waals surface area contributed by atoms with Gasteiger partial charge in [0.25, 0.3) is 0 Å². The molecule has 0 bridgehead atoms. The van der Waals surface area contributed by atoms with Gasteiger partial charge in [-0.25, -0.2) is 4.98 Å². The Morgan fingerprint density at radius 3 is 3.06 bits per heavy atom. The minimum atomic E-state index is -0.401. The summed E-state index contributed by atoms with van der Waals surface area (Å²) in [4.78, 5) is 7.49. The normalized spacial score (nSPS) is 12.6. The molecule has 1 aromatic heterocycles. The second kappa shape index (κ2) is 5.05. The van der Waals surface area contributed by atoms with Crippen LogP contribution in [0, 0.1) is 0 Å². The van der Waals surface area contributed by atoms with Gasteiger partial charge >= 0.3 is 0 Å².